The van der Waals surface area contributed by atoms with Crippen LogP contribution in [-0.2, 0) is 0 Å². The number of nitrogens with zero attached hydrogens (tertiary/aromatic N) is 1. The van der Waals surface area contributed by atoms with Crippen molar-refractivity contribution in [2.75, 3.05) is 12.3 Å². The van der Waals surface area contributed by atoms with Crippen molar-refractivity contribution < 1.29 is 0 Å². The third-order valence-corrected chi connectivity index (χ3v) is 4.92. The Balaban J connectivity index is 1.60. The molecule has 1 fully saturated rings. The highest BCUT2D eigenvalue weighted by atomic mass is 79.9. The molecule has 18 heavy (non-hydrogen) atoms. The summed E-state index contributed by atoms with van der Waals surface area (Å²) >= 11 is 5.22. The second-order valence-corrected chi connectivity index (χ2v) is 7.10. The lowest BCUT2D eigenvalue weighted by Crippen LogP contribution is -2.34. The minimum Gasteiger partial charge on any atom is -0.313 e. The molecule has 100 valence electrons. The van der Waals surface area contributed by atoms with Crippen LogP contribution in [0.2, 0.25) is 0 Å². The molecule has 2 nitrogen and oxygen atoms in total. The number of hydrogen-bond acceptors (Lipinski definition) is 3. The van der Waals surface area contributed by atoms with Gasteiger partial charge >= 0.3 is 0 Å². The molecule has 0 spiro atoms. The summed E-state index contributed by atoms with van der Waals surface area (Å²) < 4.78 is 1.04. The normalized spacial score (nSPS) is 24.1. The van der Waals surface area contributed by atoms with E-state index in [9.17, 15) is 0 Å². The average molecular weight is 329 g/mol. The van der Waals surface area contributed by atoms with Crippen molar-refractivity contribution >= 4 is 27.7 Å². The molecule has 1 aliphatic rings. The van der Waals surface area contributed by atoms with Gasteiger partial charge in [0, 0.05) is 29.0 Å². The van der Waals surface area contributed by atoms with Gasteiger partial charge in [-0.2, -0.15) is 0 Å². The number of halogens is 1. The van der Waals surface area contributed by atoms with Gasteiger partial charge in [0.1, 0.15) is 0 Å². The Morgan fingerprint density at radius 2 is 2.11 bits per heavy atom. The van der Waals surface area contributed by atoms with E-state index in [1.807, 2.05) is 24.0 Å². The van der Waals surface area contributed by atoms with Crippen LogP contribution >= 0.6 is 27.7 Å². The molecule has 1 heterocycles. The fourth-order valence-corrected chi connectivity index (χ4v) is 3.29. The molecule has 0 saturated heterocycles. The first-order valence-corrected chi connectivity index (χ1v) is 8.49. The molecular weight excluding hydrogens is 308 g/mol. The van der Waals surface area contributed by atoms with Crippen molar-refractivity contribution in [2.45, 2.75) is 43.7 Å². The first kappa shape index (κ1) is 14.4. The molecule has 1 aromatic rings. The van der Waals surface area contributed by atoms with Crippen molar-refractivity contribution in [2.24, 2.45) is 5.92 Å². The van der Waals surface area contributed by atoms with Gasteiger partial charge in [-0.1, -0.05) is 6.92 Å². The summed E-state index contributed by atoms with van der Waals surface area (Å²) in [6.07, 6.45) is 7.33. The van der Waals surface area contributed by atoms with Gasteiger partial charge in [-0.15, -0.1) is 11.8 Å². The highest BCUT2D eigenvalue weighted by molar-refractivity contribution is 9.10. The largest absolute Gasteiger partial charge is 0.313 e. The van der Waals surface area contributed by atoms with Crippen molar-refractivity contribution in [1.82, 2.24) is 10.3 Å². The lowest BCUT2D eigenvalue weighted by atomic mass is 9.87. The molecule has 4 heteroatoms. The fraction of sp³-hybridized carbons (Fsp3) is 0.643. The third kappa shape index (κ3) is 4.90. The molecule has 0 aromatic carbocycles. The Morgan fingerprint density at radius 3 is 2.78 bits per heavy atom. The number of pyridine rings is 1. The summed E-state index contributed by atoms with van der Waals surface area (Å²) in [5, 5.41) is 4.77. The van der Waals surface area contributed by atoms with E-state index < -0.39 is 0 Å². The van der Waals surface area contributed by atoms with Crippen LogP contribution in [0, 0.1) is 5.92 Å². The highest BCUT2D eigenvalue weighted by Crippen LogP contribution is 2.23. The molecule has 0 radical (unpaired) electrons. The predicted molar refractivity (Wildman–Crippen MR) is 82.1 cm³/mol. The monoisotopic (exact) mass is 328 g/mol. The lowest BCUT2D eigenvalue weighted by Gasteiger charge is -2.26. The number of hydrogen-bond donors (Lipinski definition) is 1. The molecule has 0 unspecified atom stereocenters. The van der Waals surface area contributed by atoms with E-state index in [2.05, 4.69) is 39.2 Å². The molecule has 2 rings (SSSR count). The summed E-state index contributed by atoms with van der Waals surface area (Å²) in [7, 11) is 0. The minimum absolute atomic E-state index is 0.750. The summed E-state index contributed by atoms with van der Waals surface area (Å²) in [6, 6.07) is 4.86. The van der Waals surface area contributed by atoms with E-state index >= 15 is 0 Å². The Hall–Kier alpha value is -0.0600. The van der Waals surface area contributed by atoms with Gasteiger partial charge < -0.3 is 5.32 Å². The topological polar surface area (TPSA) is 24.9 Å². The van der Waals surface area contributed by atoms with E-state index in [1.54, 1.807) is 0 Å². The second-order valence-electron chi connectivity index (χ2n) is 5.07. The average Bonchev–Trinajstić information content (AvgIpc) is 2.39. The standard InChI is InChI=1S/C14H21BrN2S/c1-11-2-5-13(6-3-11)16-8-9-18-14-7-4-12(15)10-17-14/h4,7,10-11,13,16H,2-3,5-6,8-9H2,1H3. The molecule has 0 aliphatic heterocycles. The summed E-state index contributed by atoms with van der Waals surface area (Å²) in [4.78, 5) is 4.36. The van der Waals surface area contributed by atoms with Crippen LogP contribution in [0.15, 0.2) is 27.8 Å². The van der Waals surface area contributed by atoms with Crippen LogP contribution in [0.3, 0.4) is 0 Å². The Labute approximate surface area is 122 Å². The molecule has 0 atom stereocenters. The van der Waals surface area contributed by atoms with Crippen molar-refractivity contribution in [3.05, 3.63) is 22.8 Å². The SMILES string of the molecule is CC1CCC(NCCSc2ccc(Br)cn2)CC1. The fourth-order valence-electron chi connectivity index (χ4n) is 2.33. The van der Waals surface area contributed by atoms with E-state index in [-0.39, 0.29) is 0 Å². The third-order valence-electron chi connectivity index (χ3n) is 3.50. The van der Waals surface area contributed by atoms with Crippen molar-refractivity contribution in [1.29, 1.82) is 0 Å². The Morgan fingerprint density at radius 1 is 1.33 bits per heavy atom. The zero-order valence-electron chi connectivity index (χ0n) is 10.9. The van der Waals surface area contributed by atoms with Gasteiger partial charge in [-0.25, -0.2) is 4.98 Å². The van der Waals surface area contributed by atoms with Crippen LogP contribution in [0.4, 0.5) is 0 Å². The van der Waals surface area contributed by atoms with Crippen LogP contribution in [-0.4, -0.2) is 23.3 Å². The van der Waals surface area contributed by atoms with Crippen LogP contribution in [0.25, 0.3) is 0 Å². The molecule has 1 saturated carbocycles. The molecular formula is C14H21BrN2S. The number of aromatic nitrogens is 1. The number of thioether (sulfide) groups is 1. The second kappa shape index (κ2) is 7.51. The maximum atomic E-state index is 4.36. The first-order chi connectivity index (χ1) is 8.74. The number of rotatable bonds is 5. The highest BCUT2D eigenvalue weighted by Gasteiger charge is 2.16. The molecule has 1 aliphatic carbocycles. The van der Waals surface area contributed by atoms with Gasteiger partial charge in [-0.05, 0) is 59.7 Å². The van der Waals surface area contributed by atoms with Gasteiger partial charge in [0.2, 0.25) is 0 Å². The van der Waals surface area contributed by atoms with Gasteiger partial charge in [-0.3, -0.25) is 0 Å². The van der Waals surface area contributed by atoms with E-state index in [4.69, 9.17) is 0 Å². The van der Waals surface area contributed by atoms with Gasteiger partial charge in [0.05, 0.1) is 5.03 Å². The van der Waals surface area contributed by atoms with Crippen LogP contribution in [0.1, 0.15) is 32.6 Å². The smallest absolute Gasteiger partial charge is 0.0961 e. The maximum Gasteiger partial charge on any atom is 0.0961 e. The summed E-state index contributed by atoms with van der Waals surface area (Å²) in [5.74, 6) is 2.03. The van der Waals surface area contributed by atoms with Crippen molar-refractivity contribution in [3.63, 3.8) is 0 Å². The molecule has 0 bridgehead atoms. The molecule has 0 amide bonds. The predicted octanol–water partition coefficient (Wildman–Crippen LogP) is 4.10. The molecule has 1 N–H and O–H groups in total. The maximum absolute atomic E-state index is 4.36. The lowest BCUT2D eigenvalue weighted by molar-refractivity contribution is 0.312. The van der Waals surface area contributed by atoms with Crippen LogP contribution in [0.5, 0.6) is 0 Å². The van der Waals surface area contributed by atoms with Gasteiger partial charge in [0.15, 0.2) is 0 Å². The summed E-state index contributed by atoms with van der Waals surface area (Å²) in [6.45, 7) is 3.45. The summed E-state index contributed by atoms with van der Waals surface area (Å²) in [5.41, 5.74) is 0. The first-order valence-electron chi connectivity index (χ1n) is 6.72. The number of nitrogens with one attached hydrogen (secondary N) is 1. The zero-order chi connectivity index (χ0) is 12.8. The Kier molecular flexibility index (Phi) is 5.99. The van der Waals surface area contributed by atoms with E-state index in [0.29, 0.717) is 0 Å². The van der Waals surface area contributed by atoms with E-state index in [0.717, 1.165) is 33.8 Å². The Bertz CT molecular complexity index is 347. The van der Waals surface area contributed by atoms with Gasteiger partial charge in [0.25, 0.3) is 0 Å². The van der Waals surface area contributed by atoms with E-state index in [1.165, 1.54) is 25.7 Å². The minimum atomic E-state index is 0.750. The zero-order valence-corrected chi connectivity index (χ0v) is 13.3. The van der Waals surface area contributed by atoms with Crippen LogP contribution < -0.4 is 5.32 Å². The van der Waals surface area contributed by atoms with Crippen molar-refractivity contribution in [3.8, 4) is 0 Å². The molecule has 1 aromatic heterocycles. The quantitative estimate of drug-likeness (QED) is 0.650.